The van der Waals surface area contributed by atoms with Crippen LogP contribution in [0.15, 0.2) is 24.3 Å². The molecule has 0 radical (unpaired) electrons. The van der Waals surface area contributed by atoms with Crippen LogP contribution in [0.25, 0.3) is 0 Å². The topological polar surface area (TPSA) is 46.2 Å². The van der Waals surface area contributed by atoms with E-state index in [2.05, 4.69) is 16.6 Å². The van der Waals surface area contributed by atoms with Gasteiger partial charge in [-0.2, -0.15) is 0 Å². The quantitative estimate of drug-likeness (QED) is 0.806. The van der Waals surface area contributed by atoms with E-state index in [0.29, 0.717) is 5.56 Å². The van der Waals surface area contributed by atoms with Gasteiger partial charge in [-0.25, -0.2) is 17.5 Å². The fourth-order valence-electron chi connectivity index (χ4n) is 0.928. The lowest BCUT2D eigenvalue weighted by Gasteiger charge is -1.97. The molecule has 0 saturated heterocycles. The zero-order valence-electron chi connectivity index (χ0n) is 8.83. The third-order valence-corrected chi connectivity index (χ3v) is 3.18. The Morgan fingerprint density at radius 3 is 2.50 bits per heavy atom. The second-order valence-corrected chi connectivity index (χ2v) is 5.13. The zero-order chi connectivity index (χ0) is 12.0. The van der Waals surface area contributed by atoms with Crippen molar-refractivity contribution in [2.75, 3.05) is 12.3 Å². The lowest BCUT2D eigenvalue weighted by atomic mass is 10.2. The second kappa shape index (κ2) is 5.64. The molecule has 1 aromatic rings. The molecule has 0 fully saturated rings. The number of halogens is 1. The first-order valence-corrected chi connectivity index (χ1v) is 6.40. The second-order valence-electron chi connectivity index (χ2n) is 3.03. The summed E-state index contributed by atoms with van der Waals surface area (Å²) >= 11 is 0. The lowest BCUT2D eigenvalue weighted by molar-refractivity contribution is 0.587. The van der Waals surface area contributed by atoms with E-state index in [-0.39, 0.29) is 18.1 Å². The minimum absolute atomic E-state index is 0.0330. The summed E-state index contributed by atoms with van der Waals surface area (Å²) in [7, 11) is -3.19. The van der Waals surface area contributed by atoms with E-state index in [4.69, 9.17) is 0 Å². The van der Waals surface area contributed by atoms with E-state index in [0.717, 1.165) is 0 Å². The van der Waals surface area contributed by atoms with Crippen molar-refractivity contribution < 1.29 is 12.8 Å². The Hall–Kier alpha value is -1.38. The average Bonchev–Trinajstić information content (AvgIpc) is 2.27. The zero-order valence-corrected chi connectivity index (χ0v) is 9.64. The molecule has 0 aliphatic heterocycles. The third-order valence-electron chi connectivity index (χ3n) is 1.84. The number of sulfonamides is 1. The molecular weight excluding hydrogens is 229 g/mol. The summed E-state index contributed by atoms with van der Waals surface area (Å²) in [6, 6.07) is 5.69. The average molecular weight is 241 g/mol. The van der Waals surface area contributed by atoms with Crippen molar-refractivity contribution in [2.45, 2.75) is 6.92 Å². The predicted molar refractivity (Wildman–Crippen MR) is 60.7 cm³/mol. The van der Waals surface area contributed by atoms with Crippen LogP contribution in [-0.2, 0) is 10.0 Å². The maximum Gasteiger partial charge on any atom is 0.212 e. The molecule has 86 valence electrons. The first-order valence-electron chi connectivity index (χ1n) is 4.75. The van der Waals surface area contributed by atoms with Crippen LogP contribution in [-0.4, -0.2) is 20.7 Å². The predicted octanol–water partition coefficient (Wildman–Crippen LogP) is 1.12. The van der Waals surface area contributed by atoms with Gasteiger partial charge in [-0.3, -0.25) is 0 Å². The highest BCUT2D eigenvalue weighted by molar-refractivity contribution is 7.89. The van der Waals surface area contributed by atoms with Crippen molar-refractivity contribution in [3.63, 3.8) is 0 Å². The van der Waals surface area contributed by atoms with Crippen LogP contribution in [0.5, 0.6) is 0 Å². The standard InChI is InChI=1S/C11H12FNO2S/c1-2-16(14,15)13-9-3-4-10-5-7-11(12)8-6-10/h5-8,13H,2,9H2,1H3. The highest BCUT2D eigenvalue weighted by atomic mass is 32.2. The number of hydrogen-bond acceptors (Lipinski definition) is 2. The summed E-state index contributed by atoms with van der Waals surface area (Å²) < 4.78 is 36.9. The van der Waals surface area contributed by atoms with Gasteiger partial charge in [0, 0.05) is 5.56 Å². The molecule has 0 aliphatic rings. The SMILES string of the molecule is CCS(=O)(=O)NCC#Cc1ccc(F)cc1. The van der Waals surface area contributed by atoms with Crippen molar-refractivity contribution in [1.82, 2.24) is 4.72 Å². The van der Waals surface area contributed by atoms with Crippen LogP contribution in [0, 0.1) is 17.7 Å². The summed E-state index contributed by atoms with van der Waals surface area (Å²) in [6.07, 6.45) is 0. The summed E-state index contributed by atoms with van der Waals surface area (Å²) in [5.74, 6) is 5.08. The van der Waals surface area contributed by atoms with Gasteiger partial charge in [0.05, 0.1) is 12.3 Å². The van der Waals surface area contributed by atoms with E-state index >= 15 is 0 Å². The van der Waals surface area contributed by atoms with E-state index in [1.807, 2.05) is 0 Å². The van der Waals surface area contributed by atoms with Gasteiger partial charge >= 0.3 is 0 Å². The third kappa shape index (κ3) is 4.43. The lowest BCUT2D eigenvalue weighted by Crippen LogP contribution is -2.25. The van der Waals surface area contributed by atoms with Crippen LogP contribution < -0.4 is 4.72 Å². The Balaban J connectivity index is 2.53. The molecular formula is C11H12FNO2S. The Morgan fingerprint density at radius 1 is 1.31 bits per heavy atom. The summed E-state index contributed by atoms with van der Waals surface area (Å²) in [6.45, 7) is 1.61. The van der Waals surface area contributed by atoms with Crippen molar-refractivity contribution in [2.24, 2.45) is 0 Å². The first kappa shape index (κ1) is 12.7. The monoisotopic (exact) mass is 241 g/mol. The molecule has 0 atom stereocenters. The van der Waals surface area contributed by atoms with Gasteiger partial charge in [0.25, 0.3) is 0 Å². The van der Waals surface area contributed by atoms with Gasteiger partial charge in [-0.1, -0.05) is 11.8 Å². The molecule has 1 rings (SSSR count). The molecule has 0 heterocycles. The van der Waals surface area contributed by atoms with E-state index in [9.17, 15) is 12.8 Å². The number of nitrogens with one attached hydrogen (secondary N) is 1. The molecule has 0 saturated carbocycles. The van der Waals surface area contributed by atoms with Crippen molar-refractivity contribution in [3.05, 3.63) is 35.6 Å². The highest BCUT2D eigenvalue weighted by Gasteiger charge is 2.02. The maximum absolute atomic E-state index is 12.5. The minimum Gasteiger partial charge on any atom is -0.212 e. The molecule has 1 N–H and O–H groups in total. The normalized spacial score (nSPS) is 10.6. The fourth-order valence-corrected chi connectivity index (χ4v) is 1.42. The van der Waals surface area contributed by atoms with Gasteiger partial charge in [0.1, 0.15) is 5.82 Å². The molecule has 0 aromatic heterocycles. The van der Waals surface area contributed by atoms with E-state index < -0.39 is 10.0 Å². The number of hydrogen-bond donors (Lipinski definition) is 1. The Kier molecular flexibility index (Phi) is 4.47. The Bertz CT molecular complexity index is 497. The fraction of sp³-hybridized carbons (Fsp3) is 0.273. The molecule has 5 heteroatoms. The maximum atomic E-state index is 12.5. The van der Waals surface area contributed by atoms with E-state index in [1.54, 1.807) is 6.92 Å². The smallest absolute Gasteiger partial charge is 0.212 e. The molecule has 0 unspecified atom stereocenters. The number of rotatable bonds is 3. The molecule has 0 aliphatic carbocycles. The van der Waals surface area contributed by atoms with Crippen molar-refractivity contribution in [1.29, 1.82) is 0 Å². The highest BCUT2D eigenvalue weighted by Crippen LogP contribution is 2.00. The number of benzene rings is 1. The van der Waals surface area contributed by atoms with Gasteiger partial charge in [0.2, 0.25) is 10.0 Å². The molecule has 0 spiro atoms. The summed E-state index contributed by atoms with van der Waals surface area (Å²) in [5.41, 5.74) is 0.650. The van der Waals surface area contributed by atoms with Gasteiger partial charge < -0.3 is 0 Å². The molecule has 1 aromatic carbocycles. The molecule has 3 nitrogen and oxygen atoms in total. The van der Waals surface area contributed by atoms with Gasteiger partial charge in [-0.05, 0) is 31.2 Å². The van der Waals surface area contributed by atoms with Crippen LogP contribution >= 0.6 is 0 Å². The summed E-state index contributed by atoms with van der Waals surface area (Å²) in [5, 5.41) is 0. The van der Waals surface area contributed by atoms with Gasteiger partial charge in [0.15, 0.2) is 0 Å². The van der Waals surface area contributed by atoms with Crippen LogP contribution in [0.1, 0.15) is 12.5 Å². The largest absolute Gasteiger partial charge is 0.212 e. The van der Waals surface area contributed by atoms with Crippen molar-refractivity contribution in [3.8, 4) is 11.8 Å². The van der Waals surface area contributed by atoms with Crippen LogP contribution in [0.3, 0.4) is 0 Å². The molecule has 16 heavy (non-hydrogen) atoms. The minimum atomic E-state index is -3.19. The Labute approximate surface area is 94.7 Å². The first-order chi connectivity index (χ1) is 7.53. The van der Waals surface area contributed by atoms with Crippen LogP contribution in [0.4, 0.5) is 4.39 Å². The Morgan fingerprint density at radius 2 is 1.94 bits per heavy atom. The van der Waals surface area contributed by atoms with Gasteiger partial charge in [-0.15, -0.1) is 0 Å². The summed E-state index contributed by atoms with van der Waals surface area (Å²) in [4.78, 5) is 0. The van der Waals surface area contributed by atoms with Crippen molar-refractivity contribution >= 4 is 10.0 Å². The van der Waals surface area contributed by atoms with Crippen LogP contribution in [0.2, 0.25) is 0 Å². The van der Waals surface area contributed by atoms with E-state index in [1.165, 1.54) is 24.3 Å². The molecule has 0 amide bonds. The molecule has 0 bridgehead atoms.